The van der Waals surface area contributed by atoms with Crippen LogP contribution >= 0.6 is 0 Å². The quantitative estimate of drug-likeness (QED) is 0.543. The number of hydrogen-bond donors (Lipinski definition) is 0. The molecule has 0 bridgehead atoms. The Balaban J connectivity index is 2.31. The summed E-state index contributed by atoms with van der Waals surface area (Å²) < 4.78 is 4.62. The fourth-order valence-corrected chi connectivity index (χ4v) is 4.19. The van der Waals surface area contributed by atoms with Gasteiger partial charge < -0.3 is 0 Å². The molecule has 0 saturated carbocycles. The summed E-state index contributed by atoms with van der Waals surface area (Å²) in [6, 6.07) is 9.03. The van der Waals surface area contributed by atoms with E-state index in [1.54, 1.807) is 0 Å². The van der Waals surface area contributed by atoms with Crippen LogP contribution in [0.25, 0.3) is 17.5 Å². The monoisotopic (exact) mass is 345 g/mol. The van der Waals surface area contributed by atoms with E-state index in [-0.39, 0.29) is 0 Å². The number of nitrogens with zero attached hydrogens (tertiary/aromatic N) is 2. The molecule has 26 heavy (non-hydrogen) atoms. The third-order valence-electron chi connectivity index (χ3n) is 4.93. The zero-order valence-corrected chi connectivity index (χ0v) is 17.0. The highest BCUT2D eigenvalue weighted by molar-refractivity contribution is 5.54. The summed E-state index contributed by atoms with van der Waals surface area (Å²) in [5.74, 6) is 1.16. The second-order valence-electron chi connectivity index (χ2n) is 7.39. The van der Waals surface area contributed by atoms with Gasteiger partial charge in [0.15, 0.2) is 0 Å². The van der Waals surface area contributed by atoms with E-state index in [0.29, 0.717) is 0 Å². The lowest BCUT2D eigenvalue weighted by molar-refractivity contribution is -0.597. The van der Waals surface area contributed by atoms with E-state index in [1.807, 2.05) is 0 Å². The van der Waals surface area contributed by atoms with E-state index in [2.05, 4.69) is 106 Å². The standard InChI is InChI=1S/C24H29N2/c1-8-9-22-25(23-18(4)12-16(2)13-19(23)5)10-11-26(22)24-20(6)14-17(3)15-21(24)7/h8-15H,1-7H3/q+1/b9-8+. The van der Waals surface area contributed by atoms with Crippen molar-refractivity contribution in [1.82, 2.24) is 4.57 Å². The van der Waals surface area contributed by atoms with Crippen molar-refractivity contribution >= 4 is 6.08 Å². The largest absolute Gasteiger partial charge is 0.291 e. The average Bonchev–Trinajstić information content (AvgIpc) is 2.89. The molecule has 134 valence electrons. The molecule has 0 aliphatic rings. The van der Waals surface area contributed by atoms with Crippen LogP contribution in [-0.2, 0) is 0 Å². The van der Waals surface area contributed by atoms with Gasteiger partial charge in [-0.3, -0.25) is 0 Å². The minimum Gasteiger partial charge on any atom is -0.195 e. The first kappa shape index (κ1) is 18.2. The van der Waals surface area contributed by atoms with Crippen molar-refractivity contribution in [3.05, 3.63) is 81.9 Å². The summed E-state index contributed by atoms with van der Waals surface area (Å²) in [6.07, 6.45) is 8.66. The molecule has 0 atom stereocenters. The number of allylic oxidation sites excluding steroid dienone is 1. The van der Waals surface area contributed by atoms with Gasteiger partial charge in [0.2, 0.25) is 0 Å². The van der Waals surface area contributed by atoms with Crippen LogP contribution in [0, 0.1) is 41.5 Å². The fraction of sp³-hybridized carbons (Fsp3) is 0.292. The molecule has 3 rings (SSSR count). The maximum absolute atomic E-state index is 2.31. The van der Waals surface area contributed by atoms with Crippen molar-refractivity contribution in [2.45, 2.75) is 48.5 Å². The molecular weight excluding hydrogens is 316 g/mol. The van der Waals surface area contributed by atoms with Crippen molar-refractivity contribution in [2.24, 2.45) is 0 Å². The Hall–Kier alpha value is -2.61. The van der Waals surface area contributed by atoms with Gasteiger partial charge in [0.05, 0.1) is 0 Å². The van der Waals surface area contributed by atoms with E-state index < -0.39 is 0 Å². The molecule has 0 aliphatic carbocycles. The summed E-state index contributed by atoms with van der Waals surface area (Å²) in [5, 5.41) is 0. The lowest BCUT2D eigenvalue weighted by atomic mass is 10.0. The van der Waals surface area contributed by atoms with Crippen molar-refractivity contribution in [1.29, 1.82) is 0 Å². The predicted octanol–water partition coefficient (Wildman–Crippen LogP) is 5.64. The van der Waals surface area contributed by atoms with Gasteiger partial charge >= 0.3 is 0 Å². The van der Waals surface area contributed by atoms with E-state index in [9.17, 15) is 0 Å². The van der Waals surface area contributed by atoms with Crippen LogP contribution in [-0.4, -0.2) is 4.57 Å². The van der Waals surface area contributed by atoms with Gasteiger partial charge in [-0.2, -0.15) is 9.13 Å². The van der Waals surface area contributed by atoms with Crippen LogP contribution < -0.4 is 4.57 Å². The molecule has 0 amide bonds. The second kappa shape index (κ2) is 6.95. The SMILES string of the molecule is C/C=C/c1n(-c2c(C)cc(C)cc2C)cc[n+]1-c1c(C)cc(C)cc1C. The first-order valence-corrected chi connectivity index (χ1v) is 9.25. The fourth-order valence-electron chi connectivity index (χ4n) is 4.19. The van der Waals surface area contributed by atoms with E-state index in [0.717, 1.165) is 5.82 Å². The Morgan fingerprint density at radius 3 is 1.77 bits per heavy atom. The molecule has 0 unspecified atom stereocenters. The minimum atomic E-state index is 1.16. The van der Waals surface area contributed by atoms with Crippen molar-refractivity contribution in [3.8, 4) is 11.4 Å². The van der Waals surface area contributed by atoms with Crippen LogP contribution in [0.2, 0.25) is 0 Å². The number of benzene rings is 2. The molecule has 2 heteroatoms. The van der Waals surface area contributed by atoms with Gasteiger partial charge in [-0.15, -0.1) is 0 Å². The molecular formula is C24H29N2+. The Kier molecular flexibility index (Phi) is 4.86. The molecule has 0 fully saturated rings. The van der Waals surface area contributed by atoms with Crippen LogP contribution in [0.15, 0.2) is 42.7 Å². The Morgan fingerprint density at radius 1 is 0.769 bits per heavy atom. The van der Waals surface area contributed by atoms with Crippen molar-refractivity contribution in [3.63, 3.8) is 0 Å². The molecule has 1 heterocycles. The van der Waals surface area contributed by atoms with Gasteiger partial charge in [-0.05, 0) is 70.7 Å². The number of aryl methyl sites for hydroxylation is 6. The number of aromatic nitrogens is 2. The molecule has 0 radical (unpaired) electrons. The Bertz CT molecular complexity index is 882. The highest BCUT2D eigenvalue weighted by Crippen LogP contribution is 2.24. The Morgan fingerprint density at radius 2 is 1.27 bits per heavy atom. The molecule has 2 nitrogen and oxygen atoms in total. The van der Waals surface area contributed by atoms with Crippen molar-refractivity contribution in [2.75, 3.05) is 0 Å². The molecule has 1 aromatic heterocycles. The predicted molar refractivity (Wildman–Crippen MR) is 110 cm³/mol. The lowest BCUT2D eigenvalue weighted by Gasteiger charge is -2.11. The summed E-state index contributed by atoms with van der Waals surface area (Å²) in [7, 11) is 0. The third-order valence-corrected chi connectivity index (χ3v) is 4.93. The molecule has 0 saturated heterocycles. The van der Waals surface area contributed by atoms with Crippen LogP contribution in [0.4, 0.5) is 0 Å². The molecule has 2 aromatic carbocycles. The summed E-state index contributed by atoms with van der Waals surface area (Å²) >= 11 is 0. The summed E-state index contributed by atoms with van der Waals surface area (Å²) in [5.41, 5.74) is 10.3. The number of hydrogen-bond acceptors (Lipinski definition) is 0. The smallest absolute Gasteiger partial charge is 0.195 e. The maximum Gasteiger partial charge on any atom is 0.291 e. The summed E-state index contributed by atoms with van der Waals surface area (Å²) in [6.45, 7) is 15.2. The van der Waals surface area contributed by atoms with Crippen LogP contribution in [0.1, 0.15) is 46.1 Å². The van der Waals surface area contributed by atoms with E-state index in [1.165, 1.54) is 44.8 Å². The lowest BCUT2D eigenvalue weighted by Crippen LogP contribution is -2.34. The Labute approximate surface area is 157 Å². The van der Waals surface area contributed by atoms with Crippen molar-refractivity contribution < 1.29 is 4.57 Å². The zero-order valence-electron chi connectivity index (χ0n) is 17.0. The first-order valence-electron chi connectivity index (χ1n) is 9.25. The minimum absolute atomic E-state index is 1.16. The summed E-state index contributed by atoms with van der Waals surface area (Å²) in [4.78, 5) is 0. The van der Waals surface area contributed by atoms with Crippen LogP contribution in [0.3, 0.4) is 0 Å². The average molecular weight is 346 g/mol. The topological polar surface area (TPSA) is 8.81 Å². The normalized spacial score (nSPS) is 11.5. The molecule has 0 aliphatic heterocycles. The first-order chi connectivity index (χ1) is 12.3. The zero-order chi connectivity index (χ0) is 19.0. The molecule has 0 spiro atoms. The molecule has 3 aromatic rings. The van der Waals surface area contributed by atoms with E-state index in [4.69, 9.17) is 0 Å². The highest BCUT2D eigenvalue weighted by atomic mass is 15.2. The van der Waals surface area contributed by atoms with Gasteiger partial charge in [0, 0.05) is 6.08 Å². The van der Waals surface area contributed by atoms with Gasteiger partial charge in [0.25, 0.3) is 5.82 Å². The maximum atomic E-state index is 2.31. The van der Waals surface area contributed by atoms with Gasteiger partial charge in [0.1, 0.15) is 23.8 Å². The molecule has 0 N–H and O–H groups in total. The second-order valence-corrected chi connectivity index (χ2v) is 7.39. The van der Waals surface area contributed by atoms with E-state index >= 15 is 0 Å². The highest BCUT2D eigenvalue weighted by Gasteiger charge is 2.23. The third kappa shape index (κ3) is 3.12. The van der Waals surface area contributed by atoms with Gasteiger partial charge in [-0.25, -0.2) is 0 Å². The van der Waals surface area contributed by atoms with Crippen LogP contribution in [0.5, 0.6) is 0 Å². The van der Waals surface area contributed by atoms with Gasteiger partial charge in [-0.1, -0.05) is 41.5 Å². The number of rotatable bonds is 3. The number of imidazole rings is 1.